The molecule has 3 atom stereocenters. The maximum absolute atomic E-state index is 14.1. The van der Waals surface area contributed by atoms with E-state index in [9.17, 15) is 45.0 Å². The highest BCUT2D eigenvalue weighted by Crippen LogP contribution is 2.36. The highest BCUT2D eigenvalue weighted by molar-refractivity contribution is 6.24. The van der Waals surface area contributed by atoms with Gasteiger partial charge >= 0.3 is 0 Å². The van der Waals surface area contributed by atoms with Gasteiger partial charge in [0, 0.05) is 19.3 Å². The van der Waals surface area contributed by atoms with Gasteiger partial charge in [0.25, 0.3) is 5.97 Å². The van der Waals surface area contributed by atoms with E-state index in [0.717, 1.165) is 135 Å². The number of ketones is 3. The molecule has 0 fully saturated rings. The zero-order chi connectivity index (χ0) is 49.0. The normalized spacial score (nSPS) is 14.7. The van der Waals surface area contributed by atoms with Gasteiger partial charge in [0.1, 0.15) is 0 Å². The Balaban J connectivity index is 5.20. The highest BCUT2D eigenvalue weighted by Gasteiger charge is 2.54. The molecule has 0 heterocycles. The van der Waals surface area contributed by atoms with Crippen molar-refractivity contribution in [3.05, 3.63) is 36.5 Å². The molecule has 9 nitrogen and oxygen atoms in total. The van der Waals surface area contributed by atoms with Crippen molar-refractivity contribution in [1.29, 1.82) is 0 Å². The fourth-order valence-corrected chi connectivity index (χ4v) is 8.88. The Bertz CT molecular complexity index is 1100. The van der Waals surface area contributed by atoms with Crippen molar-refractivity contribution >= 4 is 17.3 Å². The van der Waals surface area contributed by atoms with Crippen LogP contribution in [0.5, 0.6) is 0 Å². The summed E-state index contributed by atoms with van der Waals surface area (Å²) in [6, 6.07) is 0. The fraction of sp³-hybridized carbons (Fsp3) is 0.842. The second-order valence-electron chi connectivity index (χ2n) is 19.7. The first-order valence-electron chi connectivity index (χ1n) is 27.6. The lowest BCUT2D eigenvalue weighted by atomic mass is 9.68. The number of aliphatic hydroxyl groups excluding tert-OH is 3. The summed E-state index contributed by atoms with van der Waals surface area (Å²) < 4.78 is 0. The minimum absolute atomic E-state index is 0.0577. The number of rotatable bonds is 50. The first kappa shape index (κ1) is 64.0. The Kier molecular flexibility index (Phi) is 42.9. The molecule has 0 aromatic rings. The largest absolute Gasteiger partial charge is 0.393 e. The van der Waals surface area contributed by atoms with E-state index < -0.39 is 35.2 Å². The predicted molar refractivity (Wildman–Crippen MR) is 274 cm³/mol. The minimum Gasteiger partial charge on any atom is -0.393 e. The Hall–Kier alpha value is -2.01. The highest BCUT2D eigenvalue weighted by atomic mass is 16.7. The average Bonchev–Trinajstić information content (AvgIpc) is 3.28. The summed E-state index contributed by atoms with van der Waals surface area (Å²) in [5, 5.41) is 61.8. The number of carbonyl (C=O) groups is 3. The van der Waals surface area contributed by atoms with Gasteiger partial charge in [0.05, 0.1) is 24.7 Å². The van der Waals surface area contributed by atoms with Gasteiger partial charge in [-0.2, -0.15) is 0 Å². The zero-order valence-electron chi connectivity index (χ0n) is 42.9. The summed E-state index contributed by atoms with van der Waals surface area (Å²) in [4.78, 5) is 42.3. The van der Waals surface area contributed by atoms with Crippen LogP contribution in [0.4, 0.5) is 0 Å². The maximum Gasteiger partial charge on any atom is 0.277 e. The predicted octanol–water partition coefficient (Wildman–Crippen LogP) is 13.7. The van der Waals surface area contributed by atoms with Crippen molar-refractivity contribution in [3.63, 3.8) is 0 Å². The zero-order valence-corrected chi connectivity index (χ0v) is 42.9. The number of allylic oxidation sites excluding steroid dienone is 3. The lowest BCUT2D eigenvalue weighted by Crippen LogP contribution is -2.52. The quantitative estimate of drug-likeness (QED) is 0.0150. The minimum atomic E-state index is -3.36. The molecule has 0 aromatic heterocycles. The third-order valence-electron chi connectivity index (χ3n) is 13.2. The third kappa shape index (κ3) is 37.0. The van der Waals surface area contributed by atoms with E-state index in [1.54, 1.807) is 0 Å². The van der Waals surface area contributed by atoms with Crippen molar-refractivity contribution in [2.24, 2.45) is 5.41 Å². The Morgan fingerprint density at radius 3 is 0.879 bits per heavy atom. The number of Topliss-reactive ketones (excluding diaryl/α,β-unsaturated/α-hetero) is 3. The Morgan fingerprint density at radius 1 is 0.364 bits per heavy atom. The summed E-state index contributed by atoms with van der Waals surface area (Å²) >= 11 is 0. The van der Waals surface area contributed by atoms with Gasteiger partial charge < -0.3 is 30.6 Å². The first-order chi connectivity index (χ1) is 31.8. The summed E-state index contributed by atoms with van der Waals surface area (Å²) in [5.41, 5.74) is -2.31. The fourth-order valence-electron chi connectivity index (χ4n) is 8.88. The van der Waals surface area contributed by atoms with Gasteiger partial charge in [-0.25, -0.2) is 0 Å². The van der Waals surface area contributed by atoms with E-state index >= 15 is 0 Å². The molecule has 0 bridgehead atoms. The maximum atomic E-state index is 14.1. The first-order valence-corrected chi connectivity index (χ1v) is 27.6. The van der Waals surface area contributed by atoms with E-state index in [1.165, 1.54) is 57.8 Å². The number of unbranched alkanes of at least 4 members (excludes halogenated alkanes) is 24. The SMILES string of the molecule is CCCCC/C=C\CC(O)CCCCCCCCC(=O)C(CC(O)(O)O)(C(=O)CCCCCCCCC(O)C/C=C\CCCCC)C(=O)CCCCCCCCC(O)C/C=C\CCCCC. The van der Waals surface area contributed by atoms with Crippen molar-refractivity contribution in [1.82, 2.24) is 0 Å². The van der Waals surface area contributed by atoms with Crippen LogP contribution < -0.4 is 0 Å². The number of aliphatic hydroxyl groups is 6. The van der Waals surface area contributed by atoms with Crippen LogP contribution in [0.25, 0.3) is 0 Å². The molecule has 0 saturated heterocycles. The van der Waals surface area contributed by atoms with Gasteiger partial charge in [-0.1, -0.05) is 192 Å². The van der Waals surface area contributed by atoms with Crippen LogP contribution in [0.2, 0.25) is 0 Å². The van der Waals surface area contributed by atoms with E-state index in [4.69, 9.17) is 0 Å². The standard InChI is InChI=1S/C57H104O9/c1-4-7-10-13-22-31-40-50(58)43-34-25-16-19-28-37-46-53(61)56(49-57(64,65)66,54(62)47-38-29-20-17-26-35-44-51(59)41-32-23-14-11-8-5-2)55(63)48-39-30-21-18-27-36-45-52(60)42-33-24-15-12-9-6-3/h22-24,31-33,50-52,58-60,64-66H,4-21,25-30,34-49H2,1-3H3/b31-22-,32-23-,33-24-. The van der Waals surface area contributed by atoms with Gasteiger partial charge in [-0.05, 0) is 96.3 Å². The summed E-state index contributed by atoms with van der Waals surface area (Å²) in [5.74, 6) is -5.25. The van der Waals surface area contributed by atoms with Crippen LogP contribution in [0.1, 0.15) is 278 Å². The second-order valence-corrected chi connectivity index (χ2v) is 19.7. The van der Waals surface area contributed by atoms with Gasteiger partial charge in [0.2, 0.25) is 0 Å². The third-order valence-corrected chi connectivity index (χ3v) is 13.2. The molecule has 0 aromatic carbocycles. The van der Waals surface area contributed by atoms with Crippen molar-refractivity contribution in [2.75, 3.05) is 0 Å². The van der Waals surface area contributed by atoms with Crippen LogP contribution in [0, 0.1) is 5.41 Å². The van der Waals surface area contributed by atoms with Crippen LogP contribution >= 0.6 is 0 Å². The van der Waals surface area contributed by atoms with Crippen molar-refractivity contribution < 1.29 is 45.0 Å². The molecule has 0 rings (SSSR count). The van der Waals surface area contributed by atoms with Crippen LogP contribution in [-0.2, 0) is 14.4 Å². The van der Waals surface area contributed by atoms with Crippen LogP contribution in [0.3, 0.4) is 0 Å². The summed E-state index contributed by atoms with van der Waals surface area (Å²) in [6.07, 6.45) is 43.4. The second kappa shape index (κ2) is 44.2. The van der Waals surface area contributed by atoms with Crippen molar-refractivity contribution in [2.45, 2.75) is 302 Å². The monoisotopic (exact) mass is 933 g/mol. The Morgan fingerprint density at radius 2 is 0.621 bits per heavy atom. The van der Waals surface area contributed by atoms with E-state index in [1.807, 2.05) is 0 Å². The molecule has 9 heteroatoms. The smallest absolute Gasteiger partial charge is 0.277 e. The molecule has 66 heavy (non-hydrogen) atoms. The van der Waals surface area contributed by atoms with E-state index in [2.05, 4.69) is 57.2 Å². The molecule has 386 valence electrons. The van der Waals surface area contributed by atoms with Crippen LogP contribution in [0.15, 0.2) is 36.5 Å². The van der Waals surface area contributed by atoms with Crippen molar-refractivity contribution in [3.8, 4) is 0 Å². The molecule has 0 aliphatic heterocycles. The van der Waals surface area contributed by atoms with E-state index in [0.29, 0.717) is 38.5 Å². The van der Waals surface area contributed by atoms with Gasteiger partial charge in [0.15, 0.2) is 22.8 Å². The van der Waals surface area contributed by atoms with Gasteiger partial charge in [-0.15, -0.1) is 0 Å². The van der Waals surface area contributed by atoms with E-state index in [-0.39, 0.29) is 37.6 Å². The number of hydrogen-bond acceptors (Lipinski definition) is 9. The molecular formula is C57H104O9. The molecule has 0 radical (unpaired) electrons. The molecule has 0 amide bonds. The molecule has 0 aliphatic rings. The topological polar surface area (TPSA) is 173 Å². The molecule has 0 saturated carbocycles. The molecule has 0 spiro atoms. The number of hydrogen-bond donors (Lipinski definition) is 6. The Labute approximate surface area is 404 Å². The van der Waals surface area contributed by atoms with Crippen LogP contribution in [-0.4, -0.2) is 72.3 Å². The lowest BCUT2D eigenvalue weighted by molar-refractivity contribution is -0.321. The molecule has 6 N–H and O–H groups in total. The summed E-state index contributed by atoms with van der Waals surface area (Å²) in [7, 11) is 0. The molecule has 0 aliphatic carbocycles. The number of carbonyl (C=O) groups excluding carboxylic acids is 3. The summed E-state index contributed by atoms with van der Waals surface area (Å²) in [6.45, 7) is 6.57. The van der Waals surface area contributed by atoms with Gasteiger partial charge in [-0.3, -0.25) is 14.4 Å². The molecular weight excluding hydrogens is 829 g/mol. The lowest BCUT2D eigenvalue weighted by Gasteiger charge is -2.33. The molecule has 3 unspecified atom stereocenters. The average molecular weight is 933 g/mol.